The Hall–Kier alpha value is -0.930. The highest BCUT2D eigenvalue weighted by Gasteiger charge is 2.68. The van der Waals surface area contributed by atoms with Gasteiger partial charge in [-0.15, -0.1) is 0 Å². The van der Waals surface area contributed by atoms with Gasteiger partial charge in [0.05, 0.1) is 0 Å². The molecule has 0 aliphatic heterocycles. The summed E-state index contributed by atoms with van der Waals surface area (Å²) in [7, 11) is 0. The molecule has 0 aromatic heterocycles. The van der Waals surface area contributed by atoms with Gasteiger partial charge in [-0.2, -0.15) is 30.7 Å². The van der Waals surface area contributed by atoms with E-state index in [1.54, 1.807) is 0 Å². The second kappa shape index (κ2) is 6.86. The number of rotatable bonds is 4. The maximum Gasteiger partial charge on any atom is 0.459 e. The maximum atomic E-state index is 12.4. The van der Waals surface area contributed by atoms with Gasteiger partial charge in [0.1, 0.15) is 0 Å². The van der Waals surface area contributed by atoms with Crippen LogP contribution in [-0.2, 0) is 9.53 Å². The molecular weight excluding hydrogens is 280 g/mol. The van der Waals surface area contributed by atoms with E-state index in [9.17, 15) is 39.9 Å². The van der Waals surface area contributed by atoms with Gasteiger partial charge in [0, 0.05) is 0 Å². The summed E-state index contributed by atoms with van der Waals surface area (Å²) in [5.41, 5.74) is 0. The smallest absolute Gasteiger partial charge is 0.264 e. The molecule has 10 heteroatoms. The molecule has 1 atom stereocenters. The summed E-state index contributed by atoms with van der Waals surface area (Å²) in [4.78, 5) is 9.56. The van der Waals surface area contributed by atoms with Crippen LogP contribution in [0, 0.1) is 0 Å². The van der Waals surface area contributed by atoms with E-state index in [2.05, 4.69) is 18.6 Å². The predicted octanol–water partition coefficient (Wildman–Crippen LogP) is 3.71. The van der Waals surface area contributed by atoms with Crippen molar-refractivity contribution in [2.75, 3.05) is 6.67 Å². The fraction of sp³-hybridized carbons (Fsp3) is 0.875. The average molecular weight is 290 g/mol. The van der Waals surface area contributed by atoms with Gasteiger partial charge >= 0.3 is 24.2 Å². The van der Waals surface area contributed by atoms with Crippen molar-refractivity contribution >= 4 is 6.04 Å². The van der Waals surface area contributed by atoms with Crippen molar-refractivity contribution in [3.8, 4) is 0 Å². The SMILES string of the molecule is CCC.O=C(F)C(F)(OC(F)(F)CF)C(F)(F)F. The van der Waals surface area contributed by atoms with Crippen molar-refractivity contribution in [3.63, 3.8) is 0 Å². The second-order valence-corrected chi connectivity index (χ2v) is 2.95. The number of carbonyl (C=O) groups is 1. The summed E-state index contributed by atoms with van der Waals surface area (Å²) in [6.45, 7) is 1.40. The monoisotopic (exact) mass is 290 g/mol. The van der Waals surface area contributed by atoms with E-state index in [1.165, 1.54) is 6.42 Å². The molecule has 0 N–H and O–H groups in total. The third kappa shape index (κ3) is 5.61. The topological polar surface area (TPSA) is 26.3 Å². The Morgan fingerprint density at radius 2 is 1.39 bits per heavy atom. The summed E-state index contributed by atoms with van der Waals surface area (Å²) >= 11 is 0. The van der Waals surface area contributed by atoms with E-state index < -0.39 is 30.9 Å². The van der Waals surface area contributed by atoms with Gasteiger partial charge in [-0.05, 0) is 0 Å². The van der Waals surface area contributed by atoms with Crippen molar-refractivity contribution < 1.29 is 44.7 Å². The zero-order chi connectivity index (χ0) is 15.2. The second-order valence-electron chi connectivity index (χ2n) is 2.95. The lowest BCUT2D eigenvalue weighted by molar-refractivity contribution is -0.397. The van der Waals surface area contributed by atoms with Crippen molar-refractivity contribution in [3.05, 3.63) is 0 Å². The Bertz CT molecular complexity index is 264. The Morgan fingerprint density at radius 1 is 1.06 bits per heavy atom. The highest BCUT2D eigenvalue weighted by atomic mass is 19.4. The molecule has 0 bridgehead atoms. The molecule has 0 heterocycles. The summed E-state index contributed by atoms with van der Waals surface area (Å²) in [5.74, 6) is -5.87. The van der Waals surface area contributed by atoms with E-state index in [-0.39, 0.29) is 0 Å². The molecule has 110 valence electrons. The third-order valence-corrected chi connectivity index (χ3v) is 1.06. The summed E-state index contributed by atoms with van der Waals surface area (Å²) in [6.07, 6.45) is -10.4. The van der Waals surface area contributed by atoms with Crippen LogP contribution in [0.3, 0.4) is 0 Å². The molecule has 0 aliphatic carbocycles. The molecule has 18 heavy (non-hydrogen) atoms. The third-order valence-electron chi connectivity index (χ3n) is 1.06. The molecule has 0 saturated heterocycles. The fourth-order valence-corrected chi connectivity index (χ4v) is 0.442. The number of hydrogen-bond acceptors (Lipinski definition) is 2. The van der Waals surface area contributed by atoms with E-state index >= 15 is 0 Å². The summed E-state index contributed by atoms with van der Waals surface area (Å²) in [5, 5.41) is 0. The molecule has 0 amide bonds. The Labute approximate surface area is 96.9 Å². The highest BCUT2D eigenvalue weighted by molar-refractivity contribution is 5.77. The van der Waals surface area contributed by atoms with Gasteiger partial charge in [0.25, 0.3) is 0 Å². The fourth-order valence-electron chi connectivity index (χ4n) is 0.442. The molecule has 0 radical (unpaired) electrons. The summed E-state index contributed by atoms with van der Waals surface area (Å²) < 4.78 is 96.1. The lowest BCUT2D eigenvalue weighted by Crippen LogP contribution is -2.53. The first-order chi connectivity index (χ1) is 7.88. The normalized spacial score (nSPS) is 15.4. The van der Waals surface area contributed by atoms with Crippen LogP contribution in [-0.4, -0.2) is 30.9 Å². The van der Waals surface area contributed by atoms with Gasteiger partial charge < -0.3 is 0 Å². The van der Waals surface area contributed by atoms with Crippen LogP contribution in [0.4, 0.5) is 35.1 Å². The molecule has 0 rings (SSSR count). The van der Waals surface area contributed by atoms with Crippen LogP contribution in [0.25, 0.3) is 0 Å². The number of carbonyl (C=O) groups excluding carboxylic acids is 1. The molecule has 0 spiro atoms. The number of halogens is 8. The molecule has 0 fully saturated rings. The molecule has 0 aliphatic rings. The van der Waals surface area contributed by atoms with Crippen molar-refractivity contribution in [2.24, 2.45) is 0 Å². The largest absolute Gasteiger partial charge is 0.459 e. The van der Waals surface area contributed by atoms with Crippen LogP contribution >= 0.6 is 0 Å². The molecule has 0 aromatic rings. The van der Waals surface area contributed by atoms with E-state index in [4.69, 9.17) is 0 Å². The lowest BCUT2D eigenvalue weighted by atomic mass is 10.3. The summed E-state index contributed by atoms with van der Waals surface area (Å²) in [6, 6.07) is -3.84. The predicted molar refractivity (Wildman–Crippen MR) is 44.0 cm³/mol. The van der Waals surface area contributed by atoms with Gasteiger partial charge in [0.15, 0.2) is 6.67 Å². The van der Waals surface area contributed by atoms with Crippen LogP contribution < -0.4 is 0 Å². The first-order valence-electron chi connectivity index (χ1n) is 4.47. The molecule has 1 unspecified atom stereocenters. The van der Waals surface area contributed by atoms with Crippen LogP contribution in [0.2, 0.25) is 0 Å². The van der Waals surface area contributed by atoms with Crippen LogP contribution in [0.15, 0.2) is 0 Å². The Morgan fingerprint density at radius 3 is 1.56 bits per heavy atom. The van der Waals surface area contributed by atoms with E-state index in [0.29, 0.717) is 0 Å². The van der Waals surface area contributed by atoms with Gasteiger partial charge in [-0.25, -0.2) is 4.39 Å². The Balaban J connectivity index is 0. The number of ether oxygens (including phenoxy) is 1. The zero-order valence-electron chi connectivity index (χ0n) is 9.25. The quantitative estimate of drug-likeness (QED) is 0.583. The van der Waals surface area contributed by atoms with Crippen molar-refractivity contribution in [2.45, 2.75) is 38.4 Å². The zero-order valence-corrected chi connectivity index (χ0v) is 9.25. The van der Waals surface area contributed by atoms with Crippen molar-refractivity contribution in [1.82, 2.24) is 0 Å². The first-order valence-corrected chi connectivity index (χ1v) is 4.47. The minimum atomic E-state index is -6.38. The minimum Gasteiger partial charge on any atom is -0.264 e. The molecule has 2 nitrogen and oxygen atoms in total. The molecule has 0 saturated carbocycles. The van der Waals surface area contributed by atoms with Crippen LogP contribution in [0.1, 0.15) is 20.3 Å². The first kappa shape index (κ1) is 19.4. The van der Waals surface area contributed by atoms with Crippen molar-refractivity contribution in [1.29, 1.82) is 0 Å². The number of hydrogen-bond donors (Lipinski definition) is 0. The highest BCUT2D eigenvalue weighted by Crippen LogP contribution is 2.40. The van der Waals surface area contributed by atoms with Gasteiger partial charge in [-0.3, -0.25) is 9.53 Å². The van der Waals surface area contributed by atoms with E-state index in [1.807, 2.05) is 0 Å². The van der Waals surface area contributed by atoms with Crippen LogP contribution in [0.5, 0.6) is 0 Å². The minimum absolute atomic E-state index is 1.25. The molecular formula is C8H10F8O2. The number of alkyl halides is 7. The van der Waals surface area contributed by atoms with Gasteiger partial charge in [0.2, 0.25) is 0 Å². The Kier molecular flexibility index (Phi) is 7.39. The maximum absolute atomic E-state index is 12.4. The molecule has 0 aromatic carbocycles. The average Bonchev–Trinajstić information content (AvgIpc) is 2.16. The standard InChI is InChI=1S/C5H2F8O2.C3H8/c6-1-3(8,9)15-4(10,2(7)14)5(11,12)13;1-3-2/h1H2;3H2,1-2H3. The van der Waals surface area contributed by atoms with Gasteiger partial charge in [-0.1, -0.05) is 20.3 Å². The van der Waals surface area contributed by atoms with E-state index in [0.717, 1.165) is 0 Å². The lowest BCUT2D eigenvalue weighted by Gasteiger charge is -2.26.